The molecule has 0 bridgehead atoms. The zero-order valence-corrected chi connectivity index (χ0v) is 13.3. The Morgan fingerprint density at radius 3 is 2.11 bits per heavy atom. The summed E-state index contributed by atoms with van der Waals surface area (Å²) in [4.78, 5) is 0.420. The molecule has 0 saturated carbocycles. The Kier molecular flexibility index (Phi) is 5.16. The minimum atomic E-state index is -3.17. The summed E-state index contributed by atoms with van der Waals surface area (Å²) in [5.41, 5.74) is 1.19. The van der Waals surface area contributed by atoms with Crippen LogP contribution in [-0.4, -0.2) is 27.3 Å². The number of nitrogens with one attached hydrogen (secondary N) is 1. The molecule has 0 aromatic heterocycles. The van der Waals surface area contributed by atoms with Crippen LogP contribution < -0.4 is 5.32 Å². The smallest absolute Gasteiger partial charge is 0.178 e. The van der Waals surface area contributed by atoms with E-state index in [1.807, 2.05) is 26.1 Å². The van der Waals surface area contributed by atoms with Crippen LogP contribution in [0.15, 0.2) is 29.2 Å². The van der Waals surface area contributed by atoms with Crippen molar-refractivity contribution in [1.82, 2.24) is 5.32 Å². The molecule has 0 heterocycles. The standard InChI is InChI=1S/C15H25NO2S/c1-12(16-5)10-11-19(17,18)14-8-6-13(7-9-14)15(2,3)4/h6-9,12,16H,10-11H2,1-5H3. The molecule has 1 N–H and O–H groups in total. The monoisotopic (exact) mass is 283 g/mol. The maximum Gasteiger partial charge on any atom is 0.178 e. The molecule has 3 nitrogen and oxygen atoms in total. The summed E-state index contributed by atoms with van der Waals surface area (Å²) >= 11 is 0. The summed E-state index contributed by atoms with van der Waals surface area (Å²) in [6.07, 6.45) is 0.625. The normalized spacial score (nSPS) is 14.4. The second kappa shape index (κ2) is 6.06. The summed E-state index contributed by atoms with van der Waals surface area (Å²) in [5.74, 6) is 0.184. The third-order valence-electron chi connectivity index (χ3n) is 3.39. The molecule has 0 fully saturated rings. The van der Waals surface area contributed by atoms with Crippen molar-refractivity contribution in [2.75, 3.05) is 12.8 Å². The van der Waals surface area contributed by atoms with E-state index in [1.165, 1.54) is 0 Å². The molecule has 0 aliphatic carbocycles. The van der Waals surface area contributed by atoms with Gasteiger partial charge in [0.05, 0.1) is 10.6 Å². The minimum Gasteiger partial charge on any atom is -0.317 e. The van der Waals surface area contributed by atoms with E-state index in [4.69, 9.17) is 0 Å². The largest absolute Gasteiger partial charge is 0.317 e. The molecule has 1 aromatic carbocycles. The fourth-order valence-electron chi connectivity index (χ4n) is 1.76. The molecule has 1 aromatic rings. The molecule has 4 heteroatoms. The minimum absolute atomic E-state index is 0.0446. The van der Waals surface area contributed by atoms with Crippen LogP contribution in [-0.2, 0) is 15.3 Å². The first-order chi connectivity index (χ1) is 8.66. The number of benzene rings is 1. The highest BCUT2D eigenvalue weighted by Crippen LogP contribution is 2.23. The Morgan fingerprint density at radius 2 is 1.68 bits per heavy atom. The van der Waals surface area contributed by atoms with Crippen molar-refractivity contribution < 1.29 is 8.42 Å². The third kappa shape index (κ3) is 4.62. The second-order valence-corrected chi connectivity index (χ2v) is 8.18. The Hall–Kier alpha value is -0.870. The molecule has 1 atom stereocenters. The molecule has 1 unspecified atom stereocenters. The number of hydrogen-bond donors (Lipinski definition) is 1. The van der Waals surface area contributed by atoms with Gasteiger partial charge < -0.3 is 5.32 Å². The van der Waals surface area contributed by atoms with Crippen molar-refractivity contribution >= 4 is 9.84 Å². The molecule has 1 rings (SSSR count). The highest BCUT2D eigenvalue weighted by atomic mass is 32.2. The molecular formula is C15H25NO2S. The van der Waals surface area contributed by atoms with Crippen LogP contribution in [0.4, 0.5) is 0 Å². The average molecular weight is 283 g/mol. The van der Waals surface area contributed by atoms with Crippen LogP contribution in [0.1, 0.15) is 39.7 Å². The van der Waals surface area contributed by atoms with E-state index in [-0.39, 0.29) is 17.2 Å². The van der Waals surface area contributed by atoms with Gasteiger partial charge in [0.2, 0.25) is 0 Å². The second-order valence-electron chi connectivity index (χ2n) is 6.07. The van der Waals surface area contributed by atoms with E-state index >= 15 is 0 Å². The van der Waals surface area contributed by atoms with E-state index < -0.39 is 9.84 Å². The van der Waals surface area contributed by atoms with E-state index in [0.717, 1.165) is 5.56 Å². The predicted octanol–water partition coefficient (Wildman–Crippen LogP) is 2.76. The zero-order chi connectivity index (χ0) is 14.7. The SMILES string of the molecule is CNC(C)CCS(=O)(=O)c1ccc(C(C)(C)C)cc1. The predicted molar refractivity (Wildman–Crippen MR) is 80.3 cm³/mol. The van der Waals surface area contributed by atoms with Gasteiger partial charge in [-0.15, -0.1) is 0 Å². The van der Waals surface area contributed by atoms with Crippen molar-refractivity contribution in [2.45, 2.75) is 50.5 Å². The maximum atomic E-state index is 12.2. The van der Waals surface area contributed by atoms with Gasteiger partial charge in [-0.05, 0) is 43.5 Å². The average Bonchev–Trinajstić information content (AvgIpc) is 2.35. The molecule has 108 valence electrons. The molecule has 0 radical (unpaired) electrons. The lowest BCUT2D eigenvalue weighted by Gasteiger charge is -2.19. The lowest BCUT2D eigenvalue weighted by atomic mass is 9.87. The van der Waals surface area contributed by atoms with Gasteiger partial charge in [0.15, 0.2) is 9.84 Å². The van der Waals surface area contributed by atoms with E-state index in [0.29, 0.717) is 11.3 Å². The fourth-order valence-corrected chi connectivity index (χ4v) is 3.21. The van der Waals surface area contributed by atoms with Crippen LogP contribution in [0.3, 0.4) is 0 Å². The van der Waals surface area contributed by atoms with E-state index in [2.05, 4.69) is 26.1 Å². The van der Waals surface area contributed by atoms with Crippen molar-refractivity contribution in [3.8, 4) is 0 Å². The summed E-state index contributed by atoms with van der Waals surface area (Å²) in [6, 6.07) is 7.48. The van der Waals surface area contributed by atoms with Crippen LogP contribution in [0.2, 0.25) is 0 Å². The van der Waals surface area contributed by atoms with Crippen LogP contribution in [0.5, 0.6) is 0 Å². The molecule has 0 aliphatic heterocycles. The molecule has 0 aliphatic rings. The maximum absolute atomic E-state index is 12.2. The lowest BCUT2D eigenvalue weighted by Crippen LogP contribution is -2.24. The van der Waals surface area contributed by atoms with E-state index in [1.54, 1.807) is 12.1 Å². The quantitative estimate of drug-likeness (QED) is 0.904. The molecular weight excluding hydrogens is 258 g/mol. The lowest BCUT2D eigenvalue weighted by molar-refractivity contribution is 0.564. The summed E-state index contributed by atoms with van der Waals surface area (Å²) < 4.78 is 24.4. The van der Waals surface area contributed by atoms with Gasteiger partial charge in [0.1, 0.15) is 0 Å². The Bertz CT molecular complexity index is 498. The molecule has 0 spiro atoms. The van der Waals surface area contributed by atoms with Crippen LogP contribution in [0, 0.1) is 0 Å². The van der Waals surface area contributed by atoms with Crippen molar-refractivity contribution in [3.63, 3.8) is 0 Å². The first-order valence-corrected chi connectivity index (χ1v) is 8.32. The number of rotatable bonds is 5. The summed E-state index contributed by atoms with van der Waals surface area (Å²) in [6.45, 7) is 8.33. The van der Waals surface area contributed by atoms with E-state index in [9.17, 15) is 8.42 Å². The third-order valence-corrected chi connectivity index (χ3v) is 5.16. The van der Waals surface area contributed by atoms with Crippen molar-refractivity contribution in [3.05, 3.63) is 29.8 Å². The molecule has 19 heavy (non-hydrogen) atoms. The highest BCUT2D eigenvalue weighted by molar-refractivity contribution is 7.91. The first kappa shape index (κ1) is 16.2. The molecule has 0 saturated heterocycles. The first-order valence-electron chi connectivity index (χ1n) is 6.67. The van der Waals surface area contributed by atoms with Crippen LogP contribution in [0.25, 0.3) is 0 Å². The Balaban J connectivity index is 2.85. The van der Waals surface area contributed by atoms with Crippen molar-refractivity contribution in [2.24, 2.45) is 0 Å². The zero-order valence-electron chi connectivity index (χ0n) is 12.5. The summed E-state index contributed by atoms with van der Waals surface area (Å²) in [7, 11) is -1.33. The summed E-state index contributed by atoms with van der Waals surface area (Å²) in [5, 5.41) is 3.05. The van der Waals surface area contributed by atoms with Gasteiger partial charge in [0, 0.05) is 6.04 Å². The van der Waals surface area contributed by atoms with Crippen molar-refractivity contribution in [1.29, 1.82) is 0 Å². The topological polar surface area (TPSA) is 46.2 Å². The fraction of sp³-hybridized carbons (Fsp3) is 0.600. The van der Waals surface area contributed by atoms with Gasteiger partial charge in [-0.2, -0.15) is 0 Å². The Morgan fingerprint density at radius 1 is 1.16 bits per heavy atom. The van der Waals surface area contributed by atoms with Gasteiger partial charge in [-0.1, -0.05) is 32.9 Å². The van der Waals surface area contributed by atoms with Gasteiger partial charge >= 0.3 is 0 Å². The number of sulfone groups is 1. The van der Waals surface area contributed by atoms with Crippen LogP contribution >= 0.6 is 0 Å². The highest BCUT2D eigenvalue weighted by Gasteiger charge is 2.18. The van der Waals surface area contributed by atoms with Gasteiger partial charge in [-0.3, -0.25) is 0 Å². The van der Waals surface area contributed by atoms with Gasteiger partial charge in [-0.25, -0.2) is 8.42 Å². The van der Waals surface area contributed by atoms with Gasteiger partial charge in [0.25, 0.3) is 0 Å². The molecule has 0 amide bonds. The number of hydrogen-bond acceptors (Lipinski definition) is 3. The Labute approximate surface area is 117 Å².